The minimum Gasteiger partial charge on any atom is -0.506 e. The number of hydrogen-bond acceptors (Lipinski definition) is 4. The molecule has 1 N–H and O–H groups in total. The van der Waals surface area contributed by atoms with Gasteiger partial charge < -0.3 is 9.84 Å². The van der Waals surface area contributed by atoms with E-state index in [2.05, 4.69) is 11.9 Å². The highest BCUT2D eigenvalue weighted by Gasteiger charge is 2.10. The summed E-state index contributed by atoms with van der Waals surface area (Å²) in [6, 6.07) is 5.82. The Kier molecular flexibility index (Phi) is 6.05. The molecule has 0 aliphatic heterocycles. The molecule has 0 unspecified atom stereocenters. The van der Waals surface area contributed by atoms with Crippen molar-refractivity contribution in [3.05, 3.63) is 23.1 Å². The molecule has 0 spiro atoms. The number of rotatable bonds is 8. The highest BCUT2D eigenvalue weighted by Crippen LogP contribution is 2.37. The third-order valence-electron chi connectivity index (χ3n) is 3.32. The zero-order valence-corrected chi connectivity index (χ0v) is 13.6. The lowest BCUT2D eigenvalue weighted by atomic mass is 10.2. The van der Waals surface area contributed by atoms with Gasteiger partial charge in [-0.05, 0) is 31.5 Å². The quantitative estimate of drug-likeness (QED) is 0.550. The first kappa shape index (κ1) is 15.8. The van der Waals surface area contributed by atoms with E-state index < -0.39 is 0 Å². The summed E-state index contributed by atoms with van der Waals surface area (Å²) < 4.78 is 6.53. The first-order valence-electron chi connectivity index (χ1n) is 7.64. The van der Waals surface area contributed by atoms with Crippen LogP contribution in [0.4, 0.5) is 0 Å². The third-order valence-corrected chi connectivity index (χ3v) is 4.41. The van der Waals surface area contributed by atoms with Crippen molar-refractivity contribution in [3.8, 4) is 11.5 Å². The molecule has 1 aromatic heterocycles. The van der Waals surface area contributed by atoms with Gasteiger partial charge in [-0.15, -0.1) is 11.3 Å². The van der Waals surface area contributed by atoms with Crippen molar-refractivity contribution in [1.29, 1.82) is 0 Å². The molecule has 1 heterocycles. The van der Waals surface area contributed by atoms with Crippen LogP contribution in [-0.2, 0) is 0 Å². The average molecular weight is 305 g/mol. The molecular weight excluding hydrogens is 282 g/mol. The van der Waals surface area contributed by atoms with E-state index in [0.29, 0.717) is 12.4 Å². The van der Waals surface area contributed by atoms with E-state index in [-0.39, 0.29) is 0 Å². The first-order valence-corrected chi connectivity index (χ1v) is 8.46. The third kappa shape index (κ3) is 4.21. The van der Waals surface area contributed by atoms with Gasteiger partial charge in [0.15, 0.2) is 0 Å². The van der Waals surface area contributed by atoms with Crippen LogP contribution in [0.3, 0.4) is 0 Å². The Morgan fingerprint density at radius 3 is 2.86 bits per heavy atom. The molecular formula is C17H23NO2S. The van der Waals surface area contributed by atoms with Crippen LogP contribution in [0.15, 0.2) is 23.2 Å². The van der Waals surface area contributed by atoms with Gasteiger partial charge in [-0.1, -0.05) is 26.2 Å². The standard InChI is InChI=1S/C17H23NO2S/c1-3-5-6-7-10-18-12-16-17(19)14-11-13(20-4-2)8-9-15(14)21-16/h8-9,11-12,19H,3-7,10H2,1-2H3. The Morgan fingerprint density at radius 2 is 2.10 bits per heavy atom. The van der Waals surface area contributed by atoms with Crippen molar-refractivity contribution in [2.24, 2.45) is 4.99 Å². The topological polar surface area (TPSA) is 41.8 Å². The smallest absolute Gasteiger partial charge is 0.143 e. The molecule has 0 amide bonds. The van der Waals surface area contributed by atoms with E-state index in [0.717, 1.165) is 33.7 Å². The summed E-state index contributed by atoms with van der Waals surface area (Å²) >= 11 is 1.56. The second kappa shape index (κ2) is 8.03. The van der Waals surface area contributed by atoms with Gasteiger partial charge in [0.2, 0.25) is 0 Å². The first-order chi connectivity index (χ1) is 10.3. The van der Waals surface area contributed by atoms with Gasteiger partial charge in [0.05, 0.1) is 11.5 Å². The van der Waals surface area contributed by atoms with E-state index in [4.69, 9.17) is 4.74 Å². The van der Waals surface area contributed by atoms with Crippen molar-refractivity contribution < 1.29 is 9.84 Å². The van der Waals surface area contributed by atoms with Gasteiger partial charge in [-0.2, -0.15) is 0 Å². The van der Waals surface area contributed by atoms with E-state index in [1.807, 2.05) is 25.1 Å². The zero-order chi connectivity index (χ0) is 15.1. The summed E-state index contributed by atoms with van der Waals surface area (Å²) in [6.45, 7) is 5.61. The lowest BCUT2D eigenvalue weighted by Crippen LogP contribution is -1.89. The normalized spacial score (nSPS) is 11.5. The number of benzene rings is 1. The number of fused-ring (bicyclic) bond motifs is 1. The van der Waals surface area contributed by atoms with Gasteiger partial charge in [0.1, 0.15) is 11.5 Å². The minimum absolute atomic E-state index is 0.314. The highest BCUT2D eigenvalue weighted by molar-refractivity contribution is 7.21. The van der Waals surface area contributed by atoms with Crippen molar-refractivity contribution in [1.82, 2.24) is 0 Å². The van der Waals surface area contributed by atoms with Crippen molar-refractivity contribution in [2.45, 2.75) is 39.5 Å². The van der Waals surface area contributed by atoms with Crippen LogP contribution in [0.2, 0.25) is 0 Å². The average Bonchev–Trinajstić information content (AvgIpc) is 2.80. The summed E-state index contributed by atoms with van der Waals surface area (Å²) in [5.74, 6) is 1.11. The lowest BCUT2D eigenvalue weighted by molar-refractivity contribution is 0.340. The molecule has 1 aromatic carbocycles. The molecule has 0 radical (unpaired) electrons. The van der Waals surface area contributed by atoms with E-state index >= 15 is 0 Å². The van der Waals surface area contributed by atoms with Gasteiger partial charge in [-0.3, -0.25) is 4.99 Å². The van der Waals surface area contributed by atoms with Gasteiger partial charge in [0.25, 0.3) is 0 Å². The molecule has 0 bridgehead atoms. The van der Waals surface area contributed by atoms with Crippen molar-refractivity contribution in [2.75, 3.05) is 13.2 Å². The SMILES string of the molecule is CCCCCCN=Cc1sc2ccc(OCC)cc2c1O. The Bertz CT molecular complexity index is 604. The molecule has 2 aromatic rings. The number of hydrogen-bond donors (Lipinski definition) is 1. The van der Waals surface area contributed by atoms with Gasteiger partial charge in [0, 0.05) is 22.8 Å². The fourth-order valence-corrected chi connectivity index (χ4v) is 3.18. The maximum Gasteiger partial charge on any atom is 0.143 e. The van der Waals surface area contributed by atoms with Crippen LogP contribution in [-0.4, -0.2) is 24.5 Å². The molecule has 0 saturated carbocycles. The number of nitrogens with zero attached hydrogens (tertiary/aromatic N) is 1. The monoisotopic (exact) mass is 305 g/mol. The molecule has 114 valence electrons. The summed E-state index contributed by atoms with van der Waals surface area (Å²) in [5.41, 5.74) is 0. The van der Waals surface area contributed by atoms with E-state index in [1.54, 1.807) is 17.6 Å². The summed E-state index contributed by atoms with van der Waals surface area (Å²) in [6.07, 6.45) is 6.65. The predicted molar refractivity (Wildman–Crippen MR) is 91.3 cm³/mol. The number of aromatic hydroxyl groups is 1. The number of unbranched alkanes of at least 4 members (excludes halogenated alkanes) is 3. The summed E-state index contributed by atoms with van der Waals surface area (Å²) in [5, 5.41) is 11.1. The predicted octanol–water partition coefficient (Wildman–Crippen LogP) is 5.00. The molecule has 21 heavy (non-hydrogen) atoms. The van der Waals surface area contributed by atoms with E-state index in [1.165, 1.54) is 19.3 Å². The van der Waals surface area contributed by atoms with Crippen molar-refractivity contribution in [3.63, 3.8) is 0 Å². The van der Waals surface area contributed by atoms with Crippen LogP contribution in [0, 0.1) is 0 Å². The summed E-state index contributed by atoms with van der Waals surface area (Å²) in [7, 11) is 0. The van der Waals surface area contributed by atoms with Gasteiger partial charge in [-0.25, -0.2) is 0 Å². The van der Waals surface area contributed by atoms with Crippen LogP contribution in [0.5, 0.6) is 11.5 Å². The Morgan fingerprint density at radius 1 is 1.24 bits per heavy atom. The highest BCUT2D eigenvalue weighted by atomic mass is 32.1. The van der Waals surface area contributed by atoms with Crippen LogP contribution < -0.4 is 4.74 Å². The van der Waals surface area contributed by atoms with Crippen LogP contribution in [0.1, 0.15) is 44.4 Å². The number of thiophene rings is 1. The molecule has 0 atom stereocenters. The second-order valence-electron chi connectivity index (χ2n) is 5.00. The molecule has 4 heteroatoms. The maximum absolute atomic E-state index is 10.3. The molecule has 3 nitrogen and oxygen atoms in total. The largest absolute Gasteiger partial charge is 0.506 e. The maximum atomic E-state index is 10.3. The van der Waals surface area contributed by atoms with E-state index in [9.17, 15) is 5.11 Å². The fraction of sp³-hybridized carbons (Fsp3) is 0.471. The second-order valence-corrected chi connectivity index (χ2v) is 6.09. The number of aliphatic imine (C=N–C) groups is 1. The van der Waals surface area contributed by atoms with Crippen LogP contribution >= 0.6 is 11.3 Å². The fourth-order valence-electron chi connectivity index (χ4n) is 2.20. The molecule has 0 saturated heterocycles. The van der Waals surface area contributed by atoms with Crippen LogP contribution in [0.25, 0.3) is 10.1 Å². The Balaban J connectivity index is 2.06. The Hall–Kier alpha value is -1.55. The molecule has 0 fully saturated rings. The van der Waals surface area contributed by atoms with Crippen molar-refractivity contribution >= 4 is 27.6 Å². The lowest BCUT2D eigenvalue weighted by Gasteiger charge is -2.01. The molecule has 0 aliphatic rings. The Labute approximate surface area is 130 Å². The molecule has 2 rings (SSSR count). The zero-order valence-electron chi connectivity index (χ0n) is 12.8. The molecule has 0 aliphatic carbocycles. The minimum atomic E-state index is 0.314. The summed E-state index contributed by atoms with van der Waals surface area (Å²) in [4.78, 5) is 5.25. The van der Waals surface area contributed by atoms with Gasteiger partial charge >= 0.3 is 0 Å². The number of ether oxygens (including phenoxy) is 1.